The van der Waals surface area contributed by atoms with E-state index in [0.717, 1.165) is 0 Å². The van der Waals surface area contributed by atoms with Crippen LogP contribution in [0.15, 0.2) is 11.1 Å². The number of imidazole rings is 1. The number of nitrogens with zero attached hydrogens (tertiary/aromatic N) is 3. The second kappa shape index (κ2) is 2.74. The number of rotatable bonds is 1. The fourth-order valence-electron chi connectivity index (χ4n) is 1.06. The van der Waals surface area contributed by atoms with Crippen molar-refractivity contribution in [2.24, 2.45) is 0 Å². The summed E-state index contributed by atoms with van der Waals surface area (Å²) in [5.74, 6) is 0.0596. The highest BCUT2D eigenvalue weighted by molar-refractivity contribution is 6.15. The molecular weight excluding hydrogens is 194 g/mol. The van der Waals surface area contributed by atoms with E-state index in [-0.39, 0.29) is 23.0 Å². The molecule has 0 radical (unpaired) electrons. The summed E-state index contributed by atoms with van der Waals surface area (Å²) in [6, 6.07) is 0.187. The first-order chi connectivity index (χ1) is 6.22. The van der Waals surface area contributed by atoms with Gasteiger partial charge in [-0.25, -0.2) is 4.98 Å². The van der Waals surface area contributed by atoms with Crippen LogP contribution in [0.2, 0.25) is 0 Å². The maximum atomic E-state index is 11.2. The van der Waals surface area contributed by atoms with Crippen LogP contribution in [0.1, 0.15) is 0 Å². The first kappa shape index (κ1) is 8.06. The smallest absolute Gasteiger partial charge is 0.280 e. The predicted molar refractivity (Wildman–Crippen MR) is 48.4 cm³/mol. The van der Waals surface area contributed by atoms with Crippen LogP contribution in [0.3, 0.4) is 0 Å². The van der Waals surface area contributed by atoms with Crippen LogP contribution in [-0.4, -0.2) is 19.5 Å². The van der Waals surface area contributed by atoms with Gasteiger partial charge in [-0.1, -0.05) is 0 Å². The molecular formula is C6H6ClN5O. The van der Waals surface area contributed by atoms with Gasteiger partial charge >= 0.3 is 0 Å². The van der Waals surface area contributed by atoms with E-state index >= 15 is 0 Å². The van der Waals surface area contributed by atoms with Crippen molar-refractivity contribution in [3.8, 4) is 0 Å². The lowest BCUT2D eigenvalue weighted by Gasteiger charge is -1.96. The van der Waals surface area contributed by atoms with Crippen LogP contribution in [-0.2, 0) is 6.00 Å². The zero-order valence-electron chi connectivity index (χ0n) is 6.49. The Morgan fingerprint density at radius 1 is 1.69 bits per heavy atom. The molecule has 7 heteroatoms. The number of H-pyrrole nitrogens is 1. The fraction of sp³-hybridized carbons (Fsp3) is 0.167. The largest absolute Gasteiger partial charge is 0.369 e. The lowest BCUT2D eigenvalue weighted by molar-refractivity contribution is 0.897. The predicted octanol–water partition coefficient (Wildman–Crippen LogP) is -0.102. The Morgan fingerprint density at radius 2 is 2.46 bits per heavy atom. The fourth-order valence-corrected chi connectivity index (χ4v) is 1.23. The number of fused-ring (bicyclic) bond motifs is 1. The zero-order chi connectivity index (χ0) is 9.42. The standard InChI is InChI=1S/C6H6ClN5O/c7-1-12-2-9-3-4(12)10-6(8)11-5(3)13/h2H,1H2,(H3,8,10,11,13). The molecule has 0 aromatic carbocycles. The molecule has 0 bridgehead atoms. The SMILES string of the molecule is Nc1nc2c(ncn2CCl)c(=O)[nH]1. The molecule has 0 aliphatic carbocycles. The minimum Gasteiger partial charge on any atom is -0.369 e. The summed E-state index contributed by atoms with van der Waals surface area (Å²) >= 11 is 5.58. The van der Waals surface area contributed by atoms with Gasteiger partial charge < -0.3 is 10.3 Å². The highest BCUT2D eigenvalue weighted by atomic mass is 35.5. The Bertz CT molecular complexity index is 501. The van der Waals surface area contributed by atoms with E-state index in [1.807, 2.05) is 0 Å². The van der Waals surface area contributed by atoms with Crippen molar-refractivity contribution >= 4 is 28.7 Å². The summed E-state index contributed by atoms with van der Waals surface area (Å²) in [6.45, 7) is 0. The maximum Gasteiger partial charge on any atom is 0.280 e. The molecule has 2 rings (SSSR count). The van der Waals surface area contributed by atoms with Gasteiger partial charge in [0.15, 0.2) is 11.2 Å². The quantitative estimate of drug-likeness (QED) is 0.628. The van der Waals surface area contributed by atoms with Crippen LogP contribution in [0.5, 0.6) is 0 Å². The molecule has 0 atom stereocenters. The van der Waals surface area contributed by atoms with E-state index in [4.69, 9.17) is 17.3 Å². The summed E-state index contributed by atoms with van der Waals surface area (Å²) in [7, 11) is 0. The summed E-state index contributed by atoms with van der Waals surface area (Å²) in [6.07, 6.45) is 1.44. The first-order valence-corrected chi connectivity index (χ1v) is 4.02. The average molecular weight is 200 g/mol. The molecule has 0 saturated carbocycles. The number of aromatic nitrogens is 4. The topological polar surface area (TPSA) is 89.6 Å². The Hall–Kier alpha value is -1.56. The Labute approximate surface area is 77.4 Å². The van der Waals surface area contributed by atoms with Gasteiger partial charge in [0.1, 0.15) is 6.00 Å². The molecule has 0 spiro atoms. The third-order valence-corrected chi connectivity index (χ3v) is 1.88. The lowest BCUT2D eigenvalue weighted by atomic mass is 10.5. The van der Waals surface area contributed by atoms with Crippen molar-refractivity contribution in [1.82, 2.24) is 19.5 Å². The molecule has 0 aliphatic heterocycles. The van der Waals surface area contributed by atoms with E-state index < -0.39 is 0 Å². The van der Waals surface area contributed by atoms with Crippen LogP contribution < -0.4 is 11.3 Å². The Morgan fingerprint density at radius 3 is 3.15 bits per heavy atom. The van der Waals surface area contributed by atoms with Crippen molar-refractivity contribution in [2.45, 2.75) is 6.00 Å². The van der Waals surface area contributed by atoms with E-state index in [1.54, 1.807) is 0 Å². The van der Waals surface area contributed by atoms with Crippen molar-refractivity contribution < 1.29 is 0 Å². The van der Waals surface area contributed by atoms with E-state index in [2.05, 4.69) is 15.0 Å². The number of nitrogens with two attached hydrogens (primary N) is 1. The number of alkyl halides is 1. The number of hydrogen-bond donors (Lipinski definition) is 2. The third kappa shape index (κ3) is 1.15. The molecule has 2 aromatic heterocycles. The minimum absolute atomic E-state index is 0.0596. The summed E-state index contributed by atoms with van der Waals surface area (Å²) in [5.41, 5.74) is 5.65. The number of nitrogens with one attached hydrogen (secondary N) is 1. The highest BCUT2D eigenvalue weighted by Crippen LogP contribution is 2.06. The second-order valence-electron chi connectivity index (χ2n) is 2.46. The molecule has 6 nitrogen and oxygen atoms in total. The van der Waals surface area contributed by atoms with Gasteiger partial charge in [0, 0.05) is 0 Å². The molecule has 0 fully saturated rings. The molecule has 0 aliphatic rings. The molecule has 68 valence electrons. The van der Waals surface area contributed by atoms with Crippen molar-refractivity contribution in [3.05, 3.63) is 16.7 Å². The zero-order valence-corrected chi connectivity index (χ0v) is 7.25. The lowest BCUT2D eigenvalue weighted by Crippen LogP contribution is -2.11. The second-order valence-corrected chi connectivity index (χ2v) is 2.70. The minimum atomic E-state index is -0.355. The van der Waals surface area contributed by atoms with Crippen molar-refractivity contribution in [2.75, 3.05) is 5.73 Å². The number of halogens is 1. The van der Waals surface area contributed by atoms with E-state index in [9.17, 15) is 4.79 Å². The molecule has 0 unspecified atom stereocenters. The van der Waals surface area contributed by atoms with Crippen LogP contribution >= 0.6 is 11.6 Å². The number of hydrogen-bond acceptors (Lipinski definition) is 4. The summed E-state index contributed by atoms with van der Waals surface area (Å²) < 4.78 is 1.53. The van der Waals surface area contributed by atoms with Gasteiger partial charge in [0.05, 0.1) is 6.33 Å². The normalized spacial score (nSPS) is 10.8. The van der Waals surface area contributed by atoms with E-state index in [0.29, 0.717) is 5.65 Å². The third-order valence-electron chi connectivity index (χ3n) is 1.62. The van der Waals surface area contributed by atoms with Crippen molar-refractivity contribution in [1.29, 1.82) is 0 Å². The van der Waals surface area contributed by atoms with E-state index in [1.165, 1.54) is 10.9 Å². The number of aromatic amines is 1. The van der Waals surface area contributed by atoms with Crippen LogP contribution in [0.25, 0.3) is 11.2 Å². The molecule has 3 N–H and O–H groups in total. The molecule has 0 saturated heterocycles. The summed E-state index contributed by atoms with van der Waals surface area (Å²) in [5, 5.41) is 0. The Balaban J connectivity index is 2.90. The monoisotopic (exact) mass is 199 g/mol. The van der Waals surface area contributed by atoms with Gasteiger partial charge in [-0.2, -0.15) is 4.98 Å². The molecule has 2 heterocycles. The average Bonchev–Trinajstić information content (AvgIpc) is 2.47. The molecule has 0 amide bonds. The van der Waals surface area contributed by atoms with Gasteiger partial charge in [0.2, 0.25) is 5.95 Å². The molecule has 13 heavy (non-hydrogen) atoms. The Kier molecular flexibility index (Phi) is 1.70. The summed E-state index contributed by atoms with van der Waals surface area (Å²) in [4.78, 5) is 21.3. The van der Waals surface area contributed by atoms with Crippen molar-refractivity contribution in [3.63, 3.8) is 0 Å². The maximum absolute atomic E-state index is 11.2. The number of nitrogen functional groups attached to an aromatic ring is 1. The molecule has 2 aromatic rings. The van der Waals surface area contributed by atoms with Gasteiger partial charge in [-0.15, -0.1) is 11.6 Å². The van der Waals surface area contributed by atoms with Gasteiger partial charge in [0.25, 0.3) is 5.56 Å². The van der Waals surface area contributed by atoms with Crippen LogP contribution in [0.4, 0.5) is 5.95 Å². The van der Waals surface area contributed by atoms with Gasteiger partial charge in [-0.3, -0.25) is 9.78 Å². The number of anilines is 1. The first-order valence-electron chi connectivity index (χ1n) is 3.49. The van der Waals surface area contributed by atoms with Gasteiger partial charge in [-0.05, 0) is 0 Å². The van der Waals surface area contributed by atoms with Crippen LogP contribution in [0, 0.1) is 0 Å². The highest BCUT2D eigenvalue weighted by Gasteiger charge is 2.07.